The van der Waals surface area contributed by atoms with Crippen molar-refractivity contribution in [3.8, 4) is 0 Å². The van der Waals surface area contributed by atoms with Gasteiger partial charge in [0.15, 0.2) is 5.79 Å². The van der Waals surface area contributed by atoms with Crippen LogP contribution in [0.4, 0.5) is 0 Å². The standard InChI is InChI=1S/C14H16ClNO3/c15-12-3-1-2-11(10-12)13(17)16-6-4-14(5-7-16)18-8-9-19-14/h1-3,10H,4-9H2. The molecule has 0 radical (unpaired) electrons. The van der Waals surface area contributed by atoms with Crippen LogP contribution >= 0.6 is 11.6 Å². The average molecular weight is 282 g/mol. The molecule has 19 heavy (non-hydrogen) atoms. The van der Waals surface area contributed by atoms with Gasteiger partial charge in [0.1, 0.15) is 0 Å². The van der Waals surface area contributed by atoms with Crippen LogP contribution in [0.15, 0.2) is 24.3 Å². The van der Waals surface area contributed by atoms with Crippen LogP contribution in [0.5, 0.6) is 0 Å². The Morgan fingerprint density at radius 3 is 2.53 bits per heavy atom. The van der Waals surface area contributed by atoms with Gasteiger partial charge in [-0.25, -0.2) is 0 Å². The van der Waals surface area contributed by atoms with Crippen LogP contribution in [0.1, 0.15) is 23.2 Å². The maximum absolute atomic E-state index is 12.3. The number of halogens is 1. The number of amides is 1. The van der Waals surface area contributed by atoms with E-state index in [2.05, 4.69) is 0 Å². The molecule has 1 aromatic rings. The first-order valence-electron chi connectivity index (χ1n) is 6.51. The number of carbonyl (C=O) groups is 1. The van der Waals surface area contributed by atoms with Crippen molar-refractivity contribution in [3.63, 3.8) is 0 Å². The molecule has 2 fully saturated rings. The molecule has 0 bridgehead atoms. The molecular formula is C14H16ClNO3. The number of piperidine rings is 1. The molecule has 3 rings (SSSR count). The van der Waals surface area contributed by atoms with Crippen molar-refractivity contribution in [2.45, 2.75) is 18.6 Å². The lowest BCUT2D eigenvalue weighted by molar-refractivity contribution is -0.181. The highest BCUT2D eigenvalue weighted by atomic mass is 35.5. The molecule has 1 aromatic carbocycles. The van der Waals surface area contributed by atoms with Gasteiger partial charge in [0, 0.05) is 36.5 Å². The van der Waals surface area contributed by atoms with Crippen molar-refractivity contribution in [1.82, 2.24) is 4.90 Å². The zero-order chi connectivity index (χ0) is 13.3. The second-order valence-corrected chi connectivity index (χ2v) is 5.35. The van der Waals surface area contributed by atoms with Crippen LogP contribution in [-0.2, 0) is 9.47 Å². The quantitative estimate of drug-likeness (QED) is 0.793. The zero-order valence-electron chi connectivity index (χ0n) is 10.6. The number of hydrogen-bond acceptors (Lipinski definition) is 3. The van der Waals surface area contributed by atoms with E-state index < -0.39 is 5.79 Å². The van der Waals surface area contributed by atoms with E-state index in [0.29, 0.717) is 36.9 Å². The van der Waals surface area contributed by atoms with Crippen molar-refractivity contribution in [3.05, 3.63) is 34.9 Å². The summed E-state index contributed by atoms with van der Waals surface area (Å²) in [5.74, 6) is -0.416. The fourth-order valence-electron chi connectivity index (χ4n) is 2.64. The first-order valence-corrected chi connectivity index (χ1v) is 6.89. The van der Waals surface area contributed by atoms with Crippen LogP contribution < -0.4 is 0 Å². The molecule has 102 valence electrons. The molecule has 2 heterocycles. The van der Waals surface area contributed by atoms with Crippen molar-refractivity contribution >= 4 is 17.5 Å². The molecule has 0 saturated carbocycles. The summed E-state index contributed by atoms with van der Waals surface area (Å²) in [6.45, 7) is 2.63. The third kappa shape index (κ3) is 2.61. The highest BCUT2D eigenvalue weighted by molar-refractivity contribution is 6.30. The predicted octanol–water partition coefficient (Wildman–Crippen LogP) is 2.32. The van der Waals surface area contributed by atoms with Crippen molar-refractivity contribution < 1.29 is 14.3 Å². The second-order valence-electron chi connectivity index (χ2n) is 4.91. The number of likely N-dealkylation sites (tertiary alicyclic amines) is 1. The minimum Gasteiger partial charge on any atom is -0.347 e. The van der Waals surface area contributed by atoms with Crippen molar-refractivity contribution in [2.24, 2.45) is 0 Å². The van der Waals surface area contributed by atoms with Crippen LogP contribution in [0.2, 0.25) is 5.02 Å². The van der Waals surface area contributed by atoms with E-state index in [9.17, 15) is 4.79 Å². The van der Waals surface area contributed by atoms with E-state index >= 15 is 0 Å². The maximum atomic E-state index is 12.3. The van der Waals surface area contributed by atoms with Crippen molar-refractivity contribution in [2.75, 3.05) is 26.3 Å². The highest BCUT2D eigenvalue weighted by Crippen LogP contribution is 2.31. The molecule has 0 N–H and O–H groups in total. The zero-order valence-corrected chi connectivity index (χ0v) is 11.4. The van der Waals surface area contributed by atoms with Gasteiger partial charge in [0.05, 0.1) is 13.2 Å². The first-order chi connectivity index (χ1) is 9.19. The number of rotatable bonds is 1. The number of benzene rings is 1. The molecule has 4 nitrogen and oxygen atoms in total. The molecule has 2 aliphatic heterocycles. The molecule has 2 saturated heterocycles. The van der Waals surface area contributed by atoms with Gasteiger partial charge in [-0.15, -0.1) is 0 Å². The Balaban J connectivity index is 1.66. The summed E-state index contributed by atoms with van der Waals surface area (Å²) in [4.78, 5) is 14.2. The SMILES string of the molecule is O=C(c1cccc(Cl)c1)N1CCC2(CC1)OCCO2. The van der Waals surface area contributed by atoms with Gasteiger partial charge >= 0.3 is 0 Å². The summed E-state index contributed by atoms with van der Waals surface area (Å²) in [6.07, 6.45) is 1.47. The van der Waals surface area contributed by atoms with Crippen LogP contribution in [0.3, 0.4) is 0 Å². The fourth-order valence-corrected chi connectivity index (χ4v) is 2.83. The van der Waals surface area contributed by atoms with Gasteiger partial charge in [0.25, 0.3) is 5.91 Å². The largest absolute Gasteiger partial charge is 0.347 e. The van der Waals surface area contributed by atoms with E-state index in [1.54, 1.807) is 24.3 Å². The smallest absolute Gasteiger partial charge is 0.253 e. The fraction of sp³-hybridized carbons (Fsp3) is 0.500. The number of hydrogen-bond donors (Lipinski definition) is 0. The highest BCUT2D eigenvalue weighted by Gasteiger charge is 2.40. The van der Waals surface area contributed by atoms with E-state index in [-0.39, 0.29) is 5.91 Å². The summed E-state index contributed by atoms with van der Waals surface area (Å²) in [5, 5.41) is 0.585. The van der Waals surface area contributed by atoms with Gasteiger partial charge < -0.3 is 14.4 Å². The number of carbonyl (C=O) groups excluding carboxylic acids is 1. The minimum absolute atomic E-state index is 0.0235. The van der Waals surface area contributed by atoms with Crippen LogP contribution in [-0.4, -0.2) is 42.9 Å². The third-order valence-electron chi connectivity index (χ3n) is 3.70. The molecule has 1 amide bonds. The predicted molar refractivity (Wildman–Crippen MR) is 71.2 cm³/mol. The average Bonchev–Trinajstić information content (AvgIpc) is 2.87. The summed E-state index contributed by atoms with van der Waals surface area (Å²) in [7, 11) is 0. The molecular weight excluding hydrogens is 266 g/mol. The lowest BCUT2D eigenvalue weighted by Crippen LogP contribution is -2.47. The van der Waals surface area contributed by atoms with Gasteiger partial charge in [-0.1, -0.05) is 17.7 Å². The summed E-state index contributed by atoms with van der Waals surface area (Å²) in [5.41, 5.74) is 0.636. The monoisotopic (exact) mass is 281 g/mol. The Morgan fingerprint density at radius 2 is 1.89 bits per heavy atom. The van der Waals surface area contributed by atoms with Gasteiger partial charge in [-0.05, 0) is 18.2 Å². The van der Waals surface area contributed by atoms with Crippen molar-refractivity contribution in [1.29, 1.82) is 0 Å². The third-order valence-corrected chi connectivity index (χ3v) is 3.93. The van der Waals surface area contributed by atoms with Crippen LogP contribution in [0.25, 0.3) is 0 Å². The summed E-state index contributed by atoms with van der Waals surface area (Å²) >= 11 is 5.92. The van der Waals surface area contributed by atoms with Gasteiger partial charge in [-0.2, -0.15) is 0 Å². The normalized spacial score (nSPS) is 21.8. The number of nitrogens with zero attached hydrogens (tertiary/aromatic N) is 1. The molecule has 1 spiro atoms. The summed E-state index contributed by atoms with van der Waals surface area (Å²) in [6, 6.07) is 7.06. The van der Waals surface area contributed by atoms with E-state index in [4.69, 9.17) is 21.1 Å². The lowest BCUT2D eigenvalue weighted by atomic mass is 10.0. The first kappa shape index (κ1) is 12.9. The Morgan fingerprint density at radius 1 is 1.21 bits per heavy atom. The second kappa shape index (κ2) is 5.12. The van der Waals surface area contributed by atoms with E-state index in [0.717, 1.165) is 12.8 Å². The Kier molecular flexibility index (Phi) is 3.48. The molecule has 0 aromatic heterocycles. The molecule has 5 heteroatoms. The van der Waals surface area contributed by atoms with Crippen LogP contribution in [0, 0.1) is 0 Å². The van der Waals surface area contributed by atoms with Gasteiger partial charge in [-0.3, -0.25) is 4.79 Å². The molecule has 0 aliphatic carbocycles. The molecule has 0 unspecified atom stereocenters. The molecule has 0 atom stereocenters. The Labute approximate surface area is 117 Å². The summed E-state index contributed by atoms with van der Waals surface area (Å²) < 4.78 is 11.3. The van der Waals surface area contributed by atoms with E-state index in [1.807, 2.05) is 4.90 Å². The number of ether oxygens (including phenoxy) is 2. The minimum atomic E-state index is -0.439. The van der Waals surface area contributed by atoms with Gasteiger partial charge in [0.2, 0.25) is 0 Å². The topological polar surface area (TPSA) is 38.8 Å². The Hall–Kier alpha value is -1.10. The van der Waals surface area contributed by atoms with E-state index in [1.165, 1.54) is 0 Å². The Bertz CT molecular complexity index is 475. The lowest BCUT2D eigenvalue weighted by Gasteiger charge is -2.37. The molecule has 2 aliphatic rings. The maximum Gasteiger partial charge on any atom is 0.253 e.